The third-order valence-corrected chi connectivity index (χ3v) is 3.15. The van der Waals surface area contributed by atoms with Crippen LogP contribution in [0.5, 0.6) is 0 Å². The molecule has 0 aliphatic rings. The van der Waals surface area contributed by atoms with Gasteiger partial charge < -0.3 is 0 Å². The number of unbranched alkanes of at least 4 members (excludes halogenated alkanes) is 2. The smallest absolute Gasteiger partial charge is 0.00956 e. The first-order valence-corrected chi connectivity index (χ1v) is 7.26. The maximum absolute atomic E-state index is 2.42. The highest BCUT2D eigenvalue weighted by atomic mass is 14.1. The first-order valence-electron chi connectivity index (χ1n) is 7.26. The quantitative estimate of drug-likeness (QED) is 0.567. The molecule has 1 radical (unpaired) electrons. The lowest BCUT2D eigenvalue weighted by molar-refractivity contribution is 0.779. The molecule has 0 atom stereocenters. The molecule has 0 amide bonds. The van der Waals surface area contributed by atoms with Crippen LogP contribution >= 0.6 is 0 Å². The van der Waals surface area contributed by atoms with Crippen molar-refractivity contribution in [3.05, 3.63) is 41.3 Å². The molecule has 0 aromatic heterocycles. The van der Waals surface area contributed by atoms with E-state index >= 15 is 0 Å². The van der Waals surface area contributed by atoms with E-state index in [9.17, 15) is 0 Å². The van der Waals surface area contributed by atoms with Crippen LogP contribution in [0.3, 0.4) is 0 Å². The largest absolute Gasteiger partial charge is 0.0654 e. The normalized spacial score (nSPS) is 10.8. The van der Waals surface area contributed by atoms with Crippen molar-refractivity contribution in [1.82, 2.24) is 0 Å². The topological polar surface area (TPSA) is 0 Å². The Morgan fingerprint density at radius 1 is 0.824 bits per heavy atom. The van der Waals surface area contributed by atoms with Crippen LogP contribution in [0.25, 0.3) is 0 Å². The summed E-state index contributed by atoms with van der Waals surface area (Å²) >= 11 is 0. The molecule has 0 unspecified atom stereocenters. The minimum atomic E-state index is 1.13. The van der Waals surface area contributed by atoms with Gasteiger partial charge in [-0.2, -0.15) is 0 Å². The van der Waals surface area contributed by atoms with Gasteiger partial charge in [-0.05, 0) is 55.2 Å². The molecule has 17 heavy (non-hydrogen) atoms. The van der Waals surface area contributed by atoms with Gasteiger partial charge in [0.2, 0.25) is 0 Å². The molecule has 0 nitrogen and oxygen atoms in total. The molecule has 0 fully saturated rings. The minimum Gasteiger partial charge on any atom is -0.0654 e. The summed E-state index contributed by atoms with van der Waals surface area (Å²) in [5.74, 6) is 0. The van der Waals surface area contributed by atoms with Gasteiger partial charge >= 0.3 is 0 Å². The van der Waals surface area contributed by atoms with Crippen LogP contribution < -0.4 is 0 Å². The van der Waals surface area contributed by atoms with Crippen LogP contribution in [-0.2, 0) is 12.8 Å². The summed E-state index contributed by atoms with van der Waals surface area (Å²) in [7, 11) is 0. The fourth-order valence-electron chi connectivity index (χ4n) is 2.20. The van der Waals surface area contributed by atoms with Gasteiger partial charge in [0, 0.05) is 0 Å². The Morgan fingerprint density at radius 3 is 1.76 bits per heavy atom. The van der Waals surface area contributed by atoms with Crippen LogP contribution in [0, 0.1) is 6.42 Å². The average molecular weight is 231 g/mol. The zero-order valence-corrected chi connectivity index (χ0v) is 11.8. The van der Waals surface area contributed by atoms with Gasteiger partial charge in [-0.15, -0.1) is 0 Å². The zero-order chi connectivity index (χ0) is 12.5. The van der Waals surface area contributed by atoms with Crippen LogP contribution in [0.15, 0.2) is 18.2 Å². The summed E-state index contributed by atoms with van der Waals surface area (Å²) in [4.78, 5) is 0. The number of benzene rings is 1. The minimum absolute atomic E-state index is 1.13. The van der Waals surface area contributed by atoms with E-state index in [-0.39, 0.29) is 0 Å². The number of hydrogen-bond donors (Lipinski definition) is 0. The van der Waals surface area contributed by atoms with Crippen molar-refractivity contribution in [3.8, 4) is 0 Å². The van der Waals surface area contributed by atoms with E-state index in [1.807, 2.05) is 0 Å². The summed E-state index contributed by atoms with van der Waals surface area (Å²) in [6.45, 7) is 6.74. The number of hydrogen-bond acceptors (Lipinski definition) is 0. The second-order valence-corrected chi connectivity index (χ2v) is 4.90. The Kier molecular flexibility index (Phi) is 7.00. The molecule has 0 bridgehead atoms. The maximum atomic E-state index is 2.42. The Labute approximate surface area is 107 Å². The van der Waals surface area contributed by atoms with Crippen LogP contribution in [-0.4, -0.2) is 0 Å². The van der Waals surface area contributed by atoms with E-state index in [0.717, 1.165) is 6.42 Å². The summed E-state index contributed by atoms with van der Waals surface area (Å²) < 4.78 is 0. The van der Waals surface area contributed by atoms with Gasteiger partial charge in [-0.25, -0.2) is 0 Å². The van der Waals surface area contributed by atoms with Crippen molar-refractivity contribution in [1.29, 1.82) is 0 Å². The zero-order valence-electron chi connectivity index (χ0n) is 11.8. The Morgan fingerprint density at radius 2 is 1.35 bits per heavy atom. The van der Waals surface area contributed by atoms with Crippen molar-refractivity contribution >= 4 is 0 Å². The van der Waals surface area contributed by atoms with E-state index < -0.39 is 0 Å². The van der Waals surface area contributed by atoms with Crippen LogP contribution in [0.2, 0.25) is 0 Å². The predicted molar refractivity (Wildman–Crippen MR) is 77.4 cm³/mol. The van der Waals surface area contributed by atoms with Crippen molar-refractivity contribution < 1.29 is 0 Å². The van der Waals surface area contributed by atoms with Crippen molar-refractivity contribution in [2.24, 2.45) is 0 Å². The first-order chi connectivity index (χ1) is 8.30. The molecule has 1 aromatic rings. The molecular formula is C17H27. The lowest BCUT2D eigenvalue weighted by atomic mass is 9.97. The van der Waals surface area contributed by atoms with Crippen LogP contribution in [0.4, 0.5) is 0 Å². The van der Waals surface area contributed by atoms with Gasteiger partial charge in [0.1, 0.15) is 0 Å². The second-order valence-electron chi connectivity index (χ2n) is 4.90. The maximum Gasteiger partial charge on any atom is -0.00956 e. The third-order valence-electron chi connectivity index (χ3n) is 3.15. The summed E-state index contributed by atoms with van der Waals surface area (Å²) in [6, 6.07) is 7.15. The molecule has 0 aliphatic carbocycles. The van der Waals surface area contributed by atoms with Gasteiger partial charge in [-0.1, -0.05) is 51.8 Å². The van der Waals surface area contributed by atoms with Crippen LogP contribution in [0.1, 0.15) is 69.6 Å². The number of rotatable bonds is 8. The molecule has 95 valence electrons. The number of aryl methyl sites for hydroxylation is 2. The first kappa shape index (κ1) is 14.3. The molecule has 0 aliphatic heterocycles. The van der Waals surface area contributed by atoms with E-state index in [1.165, 1.54) is 55.2 Å². The summed E-state index contributed by atoms with van der Waals surface area (Å²) in [5, 5.41) is 0. The van der Waals surface area contributed by atoms with E-state index in [1.54, 1.807) is 0 Å². The van der Waals surface area contributed by atoms with Crippen molar-refractivity contribution in [2.75, 3.05) is 0 Å². The molecule has 0 N–H and O–H groups in total. The molecule has 1 rings (SSSR count). The Hall–Kier alpha value is -0.780. The fourth-order valence-corrected chi connectivity index (χ4v) is 2.20. The lowest BCUT2D eigenvalue weighted by Crippen LogP contribution is -1.94. The Bertz CT molecular complexity index is 286. The second kappa shape index (κ2) is 8.33. The predicted octanol–water partition coefficient (Wildman–Crippen LogP) is 5.33. The standard InChI is InChI=1S/C17H27/c1-4-7-10-16-12-15(9-6-3)13-17(14-16)11-8-5-2/h9,12-14H,4-8,10-11H2,1-3H3. The highest BCUT2D eigenvalue weighted by molar-refractivity contribution is 5.34. The van der Waals surface area contributed by atoms with Crippen molar-refractivity contribution in [2.45, 2.75) is 65.7 Å². The highest BCUT2D eigenvalue weighted by Crippen LogP contribution is 2.17. The fraction of sp³-hybridized carbons (Fsp3) is 0.588. The van der Waals surface area contributed by atoms with E-state index in [0.29, 0.717) is 0 Å². The molecular weight excluding hydrogens is 204 g/mol. The van der Waals surface area contributed by atoms with E-state index in [4.69, 9.17) is 0 Å². The lowest BCUT2D eigenvalue weighted by Gasteiger charge is -2.09. The van der Waals surface area contributed by atoms with Gasteiger partial charge in [0.25, 0.3) is 0 Å². The van der Waals surface area contributed by atoms with E-state index in [2.05, 4.69) is 45.4 Å². The molecule has 0 spiro atoms. The molecule has 1 aromatic carbocycles. The summed E-state index contributed by atoms with van der Waals surface area (Å²) in [6.07, 6.45) is 11.1. The van der Waals surface area contributed by atoms with Gasteiger partial charge in [0.05, 0.1) is 0 Å². The highest BCUT2D eigenvalue weighted by Gasteiger charge is 2.01. The third kappa shape index (κ3) is 5.39. The van der Waals surface area contributed by atoms with Crippen molar-refractivity contribution in [3.63, 3.8) is 0 Å². The molecule has 0 saturated heterocycles. The molecule has 0 heteroatoms. The Balaban J connectivity index is 2.76. The molecule has 0 saturated carbocycles. The SMILES string of the molecule is CC[CH]c1cc(CCCC)cc(CCCC)c1. The van der Waals surface area contributed by atoms with Gasteiger partial charge in [-0.3, -0.25) is 0 Å². The molecule has 0 heterocycles. The monoisotopic (exact) mass is 231 g/mol. The summed E-state index contributed by atoms with van der Waals surface area (Å²) in [5.41, 5.74) is 4.48. The average Bonchev–Trinajstić information content (AvgIpc) is 2.34. The van der Waals surface area contributed by atoms with Gasteiger partial charge in [0.15, 0.2) is 0 Å².